The van der Waals surface area contributed by atoms with Crippen molar-refractivity contribution in [1.29, 1.82) is 0 Å². The number of anilines is 2. The maximum absolute atomic E-state index is 12.5. The Morgan fingerprint density at radius 2 is 1.75 bits per heavy atom. The molecular weight excluding hydrogens is 430 g/mol. The highest BCUT2D eigenvalue weighted by molar-refractivity contribution is 7.92. The molecule has 2 aromatic carbocycles. The molecule has 8 nitrogen and oxygen atoms in total. The van der Waals surface area contributed by atoms with Crippen molar-refractivity contribution in [1.82, 2.24) is 5.32 Å². The summed E-state index contributed by atoms with van der Waals surface area (Å²) < 4.78 is 31.3. The van der Waals surface area contributed by atoms with E-state index in [0.717, 1.165) is 24.7 Å². The number of nitrogens with zero attached hydrogens (tertiary/aromatic N) is 1. The first-order valence-corrected chi connectivity index (χ1v) is 12.4. The van der Waals surface area contributed by atoms with E-state index in [1.165, 1.54) is 15.4 Å². The van der Waals surface area contributed by atoms with Crippen LogP contribution in [0.1, 0.15) is 23.1 Å². The largest absolute Gasteiger partial charge is 0.376 e. The number of fused-ring (bicyclic) bond motifs is 2. The third kappa shape index (κ3) is 4.49. The van der Waals surface area contributed by atoms with E-state index >= 15 is 0 Å². The molecule has 170 valence electrons. The van der Waals surface area contributed by atoms with Crippen LogP contribution in [0.4, 0.5) is 11.4 Å². The van der Waals surface area contributed by atoms with Gasteiger partial charge in [-0.25, -0.2) is 8.42 Å². The summed E-state index contributed by atoms with van der Waals surface area (Å²) in [7, 11) is -1.81. The molecule has 2 aromatic rings. The normalized spacial score (nSPS) is 16.8. The number of carbonyl (C=O) groups excluding carboxylic acids is 2. The van der Waals surface area contributed by atoms with Gasteiger partial charge >= 0.3 is 11.8 Å². The van der Waals surface area contributed by atoms with Crippen molar-refractivity contribution < 1.29 is 22.7 Å². The van der Waals surface area contributed by atoms with Crippen LogP contribution in [0.5, 0.6) is 0 Å². The number of sulfonamides is 1. The highest BCUT2D eigenvalue weighted by Crippen LogP contribution is 2.33. The average Bonchev–Trinajstić information content (AvgIpc) is 3.15. The number of aryl methyl sites for hydroxylation is 1. The lowest BCUT2D eigenvalue weighted by Crippen LogP contribution is -2.48. The topological polar surface area (TPSA) is 105 Å². The summed E-state index contributed by atoms with van der Waals surface area (Å²) in [5.74, 6) is -1.58. The molecule has 2 aliphatic rings. The molecule has 1 aliphatic heterocycles. The summed E-state index contributed by atoms with van der Waals surface area (Å²) in [6.45, 7) is 0.599. The Morgan fingerprint density at radius 1 is 1.06 bits per heavy atom. The molecule has 2 amide bonds. The van der Waals surface area contributed by atoms with Gasteiger partial charge in [0.1, 0.15) is 0 Å². The maximum atomic E-state index is 12.5. The minimum Gasteiger partial charge on any atom is -0.376 e. The SMILES string of the molecule is COC1(CNC(=O)C(=O)Nc2ccc3c(c2)N(S(C)(=O)=O)CCC3)Cc2ccccc2C1. The van der Waals surface area contributed by atoms with Gasteiger partial charge in [0.25, 0.3) is 0 Å². The molecule has 1 heterocycles. The number of hydrogen-bond donors (Lipinski definition) is 2. The molecule has 0 atom stereocenters. The van der Waals surface area contributed by atoms with Gasteiger partial charge in [0, 0.05) is 38.7 Å². The summed E-state index contributed by atoms with van der Waals surface area (Å²) in [6.07, 6.45) is 3.98. The molecule has 32 heavy (non-hydrogen) atoms. The fourth-order valence-corrected chi connectivity index (χ4v) is 5.46. The van der Waals surface area contributed by atoms with Gasteiger partial charge in [-0.2, -0.15) is 0 Å². The standard InChI is InChI=1S/C23H27N3O5S/c1-31-23(13-17-6-3-4-7-18(17)14-23)15-24-21(27)22(28)25-19-10-9-16-8-5-11-26(20(16)12-19)32(2,29)30/h3-4,6-7,9-10,12H,5,8,11,13-15H2,1-2H3,(H,24,27)(H,25,28). The molecule has 0 radical (unpaired) electrons. The van der Waals surface area contributed by atoms with Crippen molar-refractivity contribution in [2.24, 2.45) is 0 Å². The monoisotopic (exact) mass is 457 g/mol. The predicted molar refractivity (Wildman–Crippen MR) is 122 cm³/mol. The zero-order valence-electron chi connectivity index (χ0n) is 18.2. The summed E-state index contributed by atoms with van der Waals surface area (Å²) in [4.78, 5) is 24.9. The van der Waals surface area contributed by atoms with Crippen molar-refractivity contribution >= 4 is 33.2 Å². The smallest absolute Gasteiger partial charge is 0.313 e. The lowest BCUT2D eigenvalue weighted by molar-refractivity contribution is -0.137. The van der Waals surface area contributed by atoms with Crippen LogP contribution in [0.15, 0.2) is 42.5 Å². The van der Waals surface area contributed by atoms with Gasteiger partial charge in [-0.3, -0.25) is 13.9 Å². The lowest BCUT2D eigenvalue weighted by atomic mass is 10.00. The first kappa shape index (κ1) is 22.3. The fraction of sp³-hybridized carbons (Fsp3) is 0.391. The third-order valence-corrected chi connectivity index (χ3v) is 7.35. The van der Waals surface area contributed by atoms with Gasteiger partial charge in [0.2, 0.25) is 10.0 Å². The Labute approximate surface area is 188 Å². The minimum absolute atomic E-state index is 0.205. The van der Waals surface area contributed by atoms with Crippen LogP contribution in [0.25, 0.3) is 0 Å². The number of benzene rings is 2. The van der Waals surface area contributed by atoms with E-state index < -0.39 is 27.4 Å². The van der Waals surface area contributed by atoms with Gasteiger partial charge in [-0.1, -0.05) is 30.3 Å². The quantitative estimate of drug-likeness (QED) is 0.664. The third-order valence-electron chi connectivity index (χ3n) is 6.17. The second-order valence-electron chi connectivity index (χ2n) is 8.43. The minimum atomic E-state index is -3.42. The molecule has 0 fully saturated rings. The van der Waals surface area contributed by atoms with Crippen LogP contribution in [0.3, 0.4) is 0 Å². The number of hydrogen-bond acceptors (Lipinski definition) is 5. The number of methoxy groups -OCH3 is 1. The molecule has 0 saturated carbocycles. The highest BCUT2D eigenvalue weighted by Gasteiger charge is 2.38. The molecule has 0 bridgehead atoms. The Hall–Kier alpha value is -2.91. The van der Waals surface area contributed by atoms with E-state index in [1.807, 2.05) is 24.3 Å². The van der Waals surface area contributed by atoms with Crippen molar-refractivity contribution in [2.75, 3.05) is 36.1 Å². The lowest BCUT2D eigenvalue weighted by Gasteiger charge is -2.29. The van der Waals surface area contributed by atoms with Gasteiger partial charge in [-0.15, -0.1) is 0 Å². The summed E-state index contributed by atoms with van der Waals surface area (Å²) in [5.41, 5.74) is 3.58. The molecule has 1 aliphatic carbocycles. The Balaban J connectivity index is 1.41. The van der Waals surface area contributed by atoms with Crippen molar-refractivity contribution in [3.63, 3.8) is 0 Å². The maximum Gasteiger partial charge on any atom is 0.313 e. The van der Waals surface area contributed by atoms with Crippen molar-refractivity contribution in [2.45, 2.75) is 31.3 Å². The van der Waals surface area contributed by atoms with E-state index in [9.17, 15) is 18.0 Å². The van der Waals surface area contributed by atoms with Gasteiger partial charge in [0.05, 0.1) is 17.5 Å². The van der Waals surface area contributed by atoms with E-state index in [0.29, 0.717) is 30.8 Å². The number of amides is 2. The van der Waals surface area contributed by atoms with E-state index in [2.05, 4.69) is 10.6 Å². The fourth-order valence-electron chi connectivity index (χ4n) is 4.47. The molecule has 0 spiro atoms. The summed E-state index contributed by atoms with van der Waals surface area (Å²) >= 11 is 0. The molecule has 9 heteroatoms. The van der Waals surface area contributed by atoms with Gasteiger partial charge < -0.3 is 15.4 Å². The second-order valence-corrected chi connectivity index (χ2v) is 10.3. The van der Waals surface area contributed by atoms with Crippen LogP contribution in [-0.2, 0) is 43.6 Å². The van der Waals surface area contributed by atoms with Crippen LogP contribution < -0.4 is 14.9 Å². The second kappa shape index (κ2) is 8.55. The zero-order chi connectivity index (χ0) is 22.9. The molecule has 0 aromatic heterocycles. The van der Waals surface area contributed by atoms with Crippen LogP contribution in [-0.4, -0.2) is 52.3 Å². The number of rotatable bonds is 5. The Kier molecular flexibility index (Phi) is 5.96. The average molecular weight is 458 g/mol. The van der Waals surface area contributed by atoms with Crippen LogP contribution in [0.2, 0.25) is 0 Å². The summed E-state index contributed by atoms with van der Waals surface area (Å²) in [6, 6.07) is 13.1. The number of carbonyl (C=O) groups is 2. The predicted octanol–water partition coefficient (Wildman–Crippen LogP) is 1.64. The van der Waals surface area contributed by atoms with Crippen LogP contribution in [0, 0.1) is 0 Å². The number of ether oxygens (including phenoxy) is 1. The first-order chi connectivity index (χ1) is 15.2. The highest BCUT2D eigenvalue weighted by atomic mass is 32.2. The number of nitrogens with one attached hydrogen (secondary N) is 2. The Bertz CT molecular complexity index is 1140. The van der Waals surface area contributed by atoms with E-state index in [4.69, 9.17) is 4.74 Å². The van der Waals surface area contributed by atoms with E-state index in [1.54, 1.807) is 25.3 Å². The molecular formula is C23H27N3O5S. The van der Waals surface area contributed by atoms with Gasteiger partial charge in [0.15, 0.2) is 0 Å². The Morgan fingerprint density at radius 3 is 2.38 bits per heavy atom. The first-order valence-electron chi connectivity index (χ1n) is 10.5. The zero-order valence-corrected chi connectivity index (χ0v) is 19.0. The summed E-state index contributed by atoms with van der Waals surface area (Å²) in [5, 5.41) is 5.26. The molecule has 0 unspecified atom stereocenters. The van der Waals surface area contributed by atoms with Crippen molar-refractivity contribution in [3.05, 3.63) is 59.2 Å². The van der Waals surface area contributed by atoms with E-state index in [-0.39, 0.29) is 6.54 Å². The van der Waals surface area contributed by atoms with Crippen LogP contribution >= 0.6 is 0 Å². The van der Waals surface area contributed by atoms with Gasteiger partial charge in [-0.05, 0) is 41.7 Å². The van der Waals surface area contributed by atoms with Crippen molar-refractivity contribution in [3.8, 4) is 0 Å². The molecule has 2 N–H and O–H groups in total. The molecule has 0 saturated heterocycles. The molecule has 4 rings (SSSR count).